The predicted octanol–water partition coefficient (Wildman–Crippen LogP) is 6.16. The molecule has 3 aromatic rings. The Kier molecular flexibility index (Phi) is 4.77. The molecule has 0 aliphatic carbocycles. The van der Waals surface area contributed by atoms with E-state index >= 15 is 0 Å². The lowest BCUT2D eigenvalue weighted by atomic mass is 10.1. The summed E-state index contributed by atoms with van der Waals surface area (Å²) < 4.78 is 52.7. The van der Waals surface area contributed by atoms with E-state index in [4.69, 9.17) is 21.1 Å². The van der Waals surface area contributed by atoms with Crippen molar-refractivity contribution < 1.29 is 22.6 Å². The molecule has 0 spiro atoms. The van der Waals surface area contributed by atoms with Crippen LogP contribution in [0, 0.1) is 5.82 Å². The number of fused-ring (bicyclic) bond motifs is 1. The quantitative estimate of drug-likeness (QED) is 0.538. The highest BCUT2D eigenvalue weighted by atomic mass is 35.5. The van der Waals surface area contributed by atoms with Gasteiger partial charge in [-0.1, -0.05) is 17.7 Å². The van der Waals surface area contributed by atoms with Crippen molar-refractivity contribution in [3.05, 3.63) is 71.0 Å². The summed E-state index contributed by atoms with van der Waals surface area (Å²) >= 11 is 5.71. The van der Waals surface area contributed by atoms with Crippen molar-refractivity contribution >= 4 is 22.4 Å². The molecule has 0 bridgehead atoms. The van der Waals surface area contributed by atoms with Crippen LogP contribution in [0.1, 0.15) is 12.5 Å². The van der Waals surface area contributed by atoms with Gasteiger partial charge in [0.05, 0.1) is 17.2 Å². The minimum atomic E-state index is -3.54. The van der Waals surface area contributed by atoms with Crippen LogP contribution in [0.25, 0.3) is 10.8 Å². The highest BCUT2D eigenvalue weighted by Crippen LogP contribution is 2.34. The summed E-state index contributed by atoms with van der Waals surface area (Å²) in [5.41, 5.74) is -0.307. The fourth-order valence-corrected chi connectivity index (χ4v) is 2.59. The molecule has 0 atom stereocenters. The summed E-state index contributed by atoms with van der Waals surface area (Å²) in [4.78, 5) is 0. The number of hydrogen-bond acceptors (Lipinski definition) is 2. The lowest BCUT2D eigenvalue weighted by Crippen LogP contribution is -2.21. The van der Waals surface area contributed by atoms with E-state index in [1.54, 1.807) is 13.0 Å². The fourth-order valence-electron chi connectivity index (χ4n) is 2.43. The van der Waals surface area contributed by atoms with Crippen LogP contribution in [0.4, 0.5) is 13.2 Å². The van der Waals surface area contributed by atoms with Gasteiger partial charge in [0.2, 0.25) is 0 Å². The SMILES string of the molecule is CCOc1ccc(C(F)(F)Oc2ccc3c(F)c(Cl)ccc3c2)cc1. The predicted molar refractivity (Wildman–Crippen MR) is 91.0 cm³/mol. The third-order valence-corrected chi connectivity index (χ3v) is 3.92. The van der Waals surface area contributed by atoms with E-state index in [0.29, 0.717) is 17.7 Å². The number of benzene rings is 3. The van der Waals surface area contributed by atoms with Crippen LogP contribution in [-0.4, -0.2) is 6.61 Å². The molecule has 25 heavy (non-hydrogen) atoms. The molecule has 2 nitrogen and oxygen atoms in total. The molecular weight excluding hydrogens is 353 g/mol. The van der Waals surface area contributed by atoms with E-state index in [2.05, 4.69) is 0 Å². The van der Waals surface area contributed by atoms with Gasteiger partial charge in [0.15, 0.2) is 0 Å². The van der Waals surface area contributed by atoms with Crippen molar-refractivity contribution in [1.29, 1.82) is 0 Å². The van der Waals surface area contributed by atoms with E-state index in [-0.39, 0.29) is 21.7 Å². The van der Waals surface area contributed by atoms with Crippen LogP contribution in [0.3, 0.4) is 0 Å². The van der Waals surface area contributed by atoms with Gasteiger partial charge in [0.1, 0.15) is 17.3 Å². The Bertz CT molecular complexity index is 895. The Morgan fingerprint density at radius 1 is 0.960 bits per heavy atom. The molecule has 0 aromatic heterocycles. The van der Waals surface area contributed by atoms with Gasteiger partial charge in [-0.15, -0.1) is 0 Å². The Morgan fingerprint density at radius 3 is 2.32 bits per heavy atom. The zero-order valence-corrected chi connectivity index (χ0v) is 14.0. The minimum absolute atomic E-state index is 0.0270. The monoisotopic (exact) mass is 366 g/mol. The molecule has 0 fully saturated rings. The Morgan fingerprint density at radius 2 is 1.64 bits per heavy atom. The second kappa shape index (κ2) is 6.84. The van der Waals surface area contributed by atoms with Crippen LogP contribution in [0.2, 0.25) is 5.02 Å². The molecule has 6 heteroatoms. The number of hydrogen-bond donors (Lipinski definition) is 0. The Labute approximate surface area is 147 Å². The zero-order valence-electron chi connectivity index (χ0n) is 13.2. The molecule has 3 aromatic carbocycles. The molecule has 0 saturated carbocycles. The first-order chi connectivity index (χ1) is 11.9. The first kappa shape index (κ1) is 17.4. The average molecular weight is 367 g/mol. The lowest BCUT2D eigenvalue weighted by Gasteiger charge is -2.19. The zero-order chi connectivity index (χ0) is 18.0. The maximum atomic E-state index is 14.3. The summed E-state index contributed by atoms with van der Waals surface area (Å²) in [5, 5.41) is 0.631. The normalized spacial score (nSPS) is 11.6. The van der Waals surface area contributed by atoms with Gasteiger partial charge in [-0.2, -0.15) is 8.78 Å². The van der Waals surface area contributed by atoms with E-state index < -0.39 is 11.9 Å². The highest BCUT2D eigenvalue weighted by Gasteiger charge is 2.34. The van der Waals surface area contributed by atoms with E-state index in [9.17, 15) is 13.2 Å². The van der Waals surface area contributed by atoms with Gasteiger partial charge in [0, 0.05) is 5.39 Å². The average Bonchev–Trinajstić information content (AvgIpc) is 2.59. The van der Waals surface area contributed by atoms with E-state index in [0.717, 1.165) is 0 Å². The molecule has 0 radical (unpaired) electrons. The van der Waals surface area contributed by atoms with Crippen molar-refractivity contribution in [2.45, 2.75) is 13.0 Å². The molecule has 0 amide bonds. The first-order valence-corrected chi connectivity index (χ1v) is 7.96. The Hall–Kier alpha value is -2.40. The molecule has 0 N–H and O–H groups in total. The second-order valence-electron chi connectivity index (χ2n) is 5.32. The third kappa shape index (κ3) is 3.66. The molecule has 130 valence electrons. The summed E-state index contributed by atoms with van der Waals surface area (Å²) in [6, 6.07) is 12.3. The number of ether oxygens (including phenoxy) is 2. The number of halogens is 4. The third-order valence-electron chi connectivity index (χ3n) is 3.63. The van der Waals surface area contributed by atoms with Gasteiger partial charge in [0.25, 0.3) is 0 Å². The van der Waals surface area contributed by atoms with Gasteiger partial charge in [-0.25, -0.2) is 4.39 Å². The number of alkyl halides is 2. The summed E-state index contributed by atoms with van der Waals surface area (Å²) in [5.74, 6) is -0.169. The van der Waals surface area contributed by atoms with Gasteiger partial charge in [-0.3, -0.25) is 0 Å². The van der Waals surface area contributed by atoms with Crippen molar-refractivity contribution in [1.82, 2.24) is 0 Å². The minimum Gasteiger partial charge on any atom is -0.494 e. The van der Waals surface area contributed by atoms with Crippen molar-refractivity contribution in [2.75, 3.05) is 6.61 Å². The topological polar surface area (TPSA) is 18.5 Å². The standard InChI is InChI=1S/C19H14ClF3O2/c1-2-24-14-6-4-13(5-7-14)19(22,23)25-15-8-9-16-12(11-15)3-10-17(20)18(16)21/h3-11H,2H2,1H3. The molecule has 0 heterocycles. The van der Waals surface area contributed by atoms with Gasteiger partial charge >= 0.3 is 6.11 Å². The molecular formula is C19H14ClF3O2. The molecule has 3 rings (SSSR count). The smallest absolute Gasteiger partial charge is 0.426 e. The maximum absolute atomic E-state index is 14.3. The van der Waals surface area contributed by atoms with Crippen LogP contribution in [-0.2, 0) is 6.11 Å². The molecule has 0 saturated heterocycles. The summed E-state index contributed by atoms with van der Waals surface area (Å²) in [6.45, 7) is 2.26. The highest BCUT2D eigenvalue weighted by molar-refractivity contribution is 6.31. The van der Waals surface area contributed by atoms with E-state index in [1.165, 1.54) is 48.5 Å². The van der Waals surface area contributed by atoms with Crippen LogP contribution in [0.15, 0.2) is 54.6 Å². The van der Waals surface area contributed by atoms with Crippen LogP contribution in [0.5, 0.6) is 11.5 Å². The fraction of sp³-hybridized carbons (Fsp3) is 0.158. The van der Waals surface area contributed by atoms with Crippen LogP contribution < -0.4 is 9.47 Å². The van der Waals surface area contributed by atoms with E-state index in [1.807, 2.05) is 0 Å². The van der Waals surface area contributed by atoms with Gasteiger partial charge in [-0.05, 0) is 60.8 Å². The Balaban J connectivity index is 1.87. The first-order valence-electron chi connectivity index (χ1n) is 7.58. The number of rotatable bonds is 5. The molecule has 0 unspecified atom stereocenters. The van der Waals surface area contributed by atoms with Crippen molar-refractivity contribution in [2.24, 2.45) is 0 Å². The van der Waals surface area contributed by atoms with Crippen LogP contribution >= 0.6 is 11.6 Å². The second-order valence-corrected chi connectivity index (χ2v) is 5.73. The molecule has 0 aliphatic rings. The van der Waals surface area contributed by atoms with Crippen molar-refractivity contribution in [3.8, 4) is 11.5 Å². The largest absolute Gasteiger partial charge is 0.494 e. The van der Waals surface area contributed by atoms with Crippen molar-refractivity contribution in [3.63, 3.8) is 0 Å². The summed E-state index contributed by atoms with van der Waals surface area (Å²) in [6.07, 6.45) is -3.54. The summed E-state index contributed by atoms with van der Waals surface area (Å²) in [7, 11) is 0. The lowest BCUT2D eigenvalue weighted by molar-refractivity contribution is -0.185. The molecule has 0 aliphatic heterocycles. The maximum Gasteiger partial charge on any atom is 0.426 e. The van der Waals surface area contributed by atoms with Gasteiger partial charge < -0.3 is 9.47 Å².